The number of pyridine rings is 1. The Bertz CT molecular complexity index is 595. The molecule has 92 valence electrons. The van der Waals surface area contributed by atoms with Crippen molar-refractivity contribution in [2.45, 2.75) is 6.92 Å². The van der Waals surface area contributed by atoms with Gasteiger partial charge in [0, 0.05) is 6.20 Å². The van der Waals surface area contributed by atoms with Crippen LogP contribution in [0.2, 0.25) is 0 Å². The number of aromatic nitrogens is 2. The van der Waals surface area contributed by atoms with Crippen molar-refractivity contribution in [2.75, 3.05) is 5.32 Å². The maximum atomic E-state index is 11.8. The van der Waals surface area contributed by atoms with Crippen molar-refractivity contribution in [3.8, 4) is 0 Å². The summed E-state index contributed by atoms with van der Waals surface area (Å²) in [4.78, 5) is 26.7. The van der Waals surface area contributed by atoms with E-state index in [1.165, 1.54) is 6.20 Å². The standard InChI is InChI=1S/C11H9N3O3S/c1-6-8(11(16)17)10(18-14-6)13-9(15)7-4-2-3-5-12-7/h2-5H,1H3,(H,13,15)(H,16,17). The quantitative estimate of drug-likeness (QED) is 0.880. The third-order valence-corrected chi connectivity index (χ3v) is 3.06. The molecule has 7 heteroatoms. The maximum Gasteiger partial charge on any atom is 0.340 e. The first-order chi connectivity index (χ1) is 8.59. The Labute approximate surface area is 106 Å². The summed E-state index contributed by atoms with van der Waals surface area (Å²) in [6.07, 6.45) is 1.49. The van der Waals surface area contributed by atoms with E-state index in [4.69, 9.17) is 5.11 Å². The van der Waals surface area contributed by atoms with Crippen LogP contribution < -0.4 is 5.32 Å². The predicted octanol–water partition coefficient (Wildman–Crippen LogP) is 1.80. The molecule has 0 saturated heterocycles. The lowest BCUT2D eigenvalue weighted by Gasteiger charge is -2.02. The zero-order chi connectivity index (χ0) is 13.1. The van der Waals surface area contributed by atoms with Gasteiger partial charge in [0.05, 0.1) is 5.69 Å². The first-order valence-corrected chi connectivity index (χ1v) is 5.79. The summed E-state index contributed by atoms with van der Waals surface area (Å²) in [6, 6.07) is 4.91. The van der Waals surface area contributed by atoms with Crippen LogP contribution in [0.3, 0.4) is 0 Å². The van der Waals surface area contributed by atoms with Crippen molar-refractivity contribution in [1.82, 2.24) is 9.36 Å². The molecule has 0 aliphatic heterocycles. The highest BCUT2D eigenvalue weighted by Gasteiger charge is 2.19. The molecule has 0 radical (unpaired) electrons. The molecule has 2 aromatic heterocycles. The molecule has 0 unspecified atom stereocenters. The first kappa shape index (κ1) is 12.2. The lowest BCUT2D eigenvalue weighted by atomic mass is 10.2. The second kappa shape index (κ2) is 4.92. The van der Waals surface area contributed by atoms with Crippen LogP contribution in [0.4, 0.5) is 5.00 Å². The number of hydrogen-bond donors (Lipinski definition) is 2. The summed E-state index contributed by atoms with van der Waals surface area (Å²) < 4.78 is 3.91. The Hall–Kier alpha value is -2.28. The SMILES string of the molecule is Cc1nsc(NC(=O)c2ccccn2)c1C(=O)O. The second-order valence-electron chi connectivity index (χ2n) is 3.45. The van der Waals surface area contributed by atoms with Gasteiger partial charge in [-0.3, -0.25) is 9.78 Å². The number of carbonyl (C=O) groups excluding carboxylic acids is 1. The largest absolute Gasteiger partial charge is 0.478 e. The van der Waals surface area contributed by atoms with E-state index in [1.807, 2.05) is 0 Å². The highest BCUT2D eigenvalue weighted by Crippen LogP contribution is 2.24. The van der Waals surface area contributed by atoms with Crippen LogP contribution in [0.5, 0.6) is 0 Å². The number of amides is 1. The number of carbonyl (C=O) groups is 2. The van der Waals surface area contributed by atoms with E-state index in [2.05, 4.69) is 14.7 Å². The van der Waals surface area contributed by atoms with E-state index in [1.54, 1.807) is 25.1 Å². The summed E-state index contributed by atoms with van der Waals surface area (Å²) in [7, 11) is 0. The molecule has 0 bridgehead atoms. The van der Waals surface area contributed by atoms with Crippen LogP contribution in [-0.2, 0) is 0 Å². The summed E-state index contributed by atoms with van der Waals surface area (Å²) in [5.41, 5.74) is 0.619. The van der Waals surface area contributed by atoms with Crippen LogP contribution in [-0.4, -0.2) is 26.3 Å². The molecule has 0 saturated carbocycles. The number of carboxylic acid groups (broad SMARTS) is 1. The average molecular weight is 263 g/mol. The minimum atomic E-state index is -1.11. The zero-order valence-electron chi connectivity index (χ0n) is 9.38. The minimum Gasteiger partial charge on any atom is -0.478 e. The van der Waals surface area contributed by atoms with Crippen molar-refractivity contribution < 1.29 is 14.7 Å². The van der Waals surface area contributed by atoms with E-state index in [0.29, 0.717) is 5.69 Å². The smallest absolute Gasteiger partial charge is 0.340 e. The van der Waals surface area contributed by atoms with E-state index in [0.717, 1.165) is 11.5 Å². The minimum absolute atomic E-state index is 0.0179. The molecule has 2 rings (SSSR count). The van der Waals surface area contributed by atoms with Crippen molar-refractivity contribution in [1.29, 1.82) is 0 Å². The second-order valence-corrected chi connectivity index (χ2v) is 4.22. The van der Waals surface area contributed by atoms with Gasteiger partial charge in [-0.2, -0.15) is 4.37 Å². The lowest BCUT2D eigenvalue weighted by molar-refractivity contribution is 0.0697. The molecule has 0 aliphatic rings. The number of nitrogens with one attached hydrogen (secondary N) is 1. The van der Waals surface area contributed by atoms with Gasteiger partial charge in [0.15, 0.2) is 0 Å². The van der Waals surface area contributed by atoms with Crippen LogP contribution in [0.25, 0.3) is 0 Å². The molecule has 0 spiro atoms. The molecule has 6 nitrogen and oxygen atoms in total. The molecule has 0 aromatic carbocycles. The molecule has 2 heterocycles. The molecule has 0 fully saturated rings. The number of aromatic carboxylic acids is 1. The topological polar surface area (TPSA) is 92.2 Å². The molecular weight excluding hydrogens is 254 g/mol. The highest BCUT2D eigenvalue weighted by molar-refractivity contribution is 7.11. The lowest BCUT2D eigenvalue weighted by Crippen LogP contribution is -2.14. The van der Waals surface area contributed by atoms with Gasteiger partial charge in [0.2, 0.25) is 0 Å². The number of aryl methyl sites for hydroxylation is 1. The Morgan fingerprint density at radius 2 is 2.17 bits per heavy atom. The molecule has 0 aliphatic carbocycles. The van der Waals surface area contributed by atoms with Crippen molar-refractivity contribution in [2.24, 2.45) is 0 Å². The number of anilines is 1. The van der Waals surface area contributed by atoms with Crippen LogP contribution in [0.1, 0.15) is 26.5 Å². The van der Waals surface area contributed by atoms with Gasteiger partial charge in [-0.1, -0.05) is 6.07 Å². The molecule has 0 atom stereocenters. The first-order valence-electron chi connectivity index (χ1n) is 5.01. The monoisotopic (exact) mass is 263 g/mol. The number of nitrogens with zero attached hydrogens (tertiary/aromatic N) is 2. The fourth-order valence-corrected chi connectivity index (χ4v) is 2.16. The average Bonchev–Trinajstić information content (AvgIpc) is 2.71. The Morgan fingerprint density at radius 3 is 2.78 bits per heavy atom. The van der Waals surface area contributed by atoms with Crippen molar-refractivity contribution in [3.05, 3.63) is 41.3 Å². The van der Waals surface area contributed by atoms with Gasteiger partial charge in [0.25, 0.3) is 5.91 Å². The Morgan fingerprint density at radius 1 is 1.39 bits per heavy atom. The fraction of sp³-hybridized carbons (Fsp3) is 0.0909. The van der Waals surface area contributed by atoms with Gasteiger partial charge in [-0.15, -0.1) is 0 Å². The third kappa shape index (κ3) is 2.35. The maximum absolute atomic E-state index is 11.8. The molecule has 2 aromatic rings. The third-order valence-electron chi connectivity index (χ3n) is 2.20. The van der Waals surface area contributed by atoms with Crippen LogP contribution in [0, 0.1) is 6.92 Å². The zero-order valence-corrected chi connectivity index (χ0v) is 10.2. The van der Waals surface area contributed by atoms with E-state index in [9.17, 15) is 9.59 Å². The van der Waals surface area contributed by atoms with E-state index >= 15 is 0 Å². The number of hydrogen-bond acceptors (Lipinski definition) is 5. The summed E-state index contributed by atoms with van der Waals surface area (Å²) in [5, 5.41) is 11.7. The molecular formula is C11H9N3O3S. The molecule has 2 N–H and O–H groups in total. The summed E-state index contributed by atoms with van der Waals surface area (Å²) in [5.74, 6) is -1.57. The summed E-state index contributed by atoms with van der Waals surface area (Å²) in [6.45, 7) is 1.58. The Kier molecular flexibility index (Phi) is 3.33. The van der Waals surface area contributed by atoms with Gasteiger partial charge < -0.3 is 10.4 Å². The molecule has 1 amide bonds. The number of carboxylic acids is 1. The number of rotatable bonds is 3. The Balaban J connectivity index is 2.25. The van der Waals surface area contributed by atoms with Gasteiger partial charge >= 0.3 is 5.97 Å². The highest BCUT2D eigenvalue weighted by atomic mass is 32.1. The van der Waals surface area contributed by atoms with Gasteiger partial charge in [-0.05, 0) is 30.6 Å². The van der Waals surface area contributed by atoms with Crippen LogP contribution in [0.15, 0.2) is 24.4 Å². The van der Waals surface area contributed by atoms with Gasteiger partial charge in [-0.25, -0.2) is 4.79 Å². The molecule has 18 heavy (non-hydrogen) atoms. The van der Waals surface area contributed by atoms with E-state index in [-0.39, 0.29) is 16.3 Å². The van der Waals surface area contributed by atoms with Crippen molar-refractivity contribution >= 4 is 28.4 Å². The van der Waals surface area contributed by atoms with E-state index < -0.39 is 11.9 Å². The normalized spacial score (nSPS) is 10.1. The van der Waals surface area contributed by atoms with Gasteiger partial charge in [0.1, 0.15) is 16.3 Å². The fourth-order valence-electron chi connectivity index (χ4n) is 1.37. The van der Waals surface area contributed by atoms with Crippen LogP contribution >= 0.6 is 11.5 Å². The van der Waals surface area contributed by atoms with Crippen molar-refractivity contribution in [3.63, 3.8) is 0 Å². The summed E-state index contributed by atoms with van der Waals surface area (Å²) >= 11 is 0.937. The predicted molar refractivity (Wildman–Crippen MR) is 66.0 cm³/mol.